The summed E-state index contributed by atoms with van der Waals surface area (Å²) in [6, 6.07) is 18.5. The normalized spacial score (nSPS) is 16.8. The van der Waals surface area contributed by atoms with Gasteiger partial charge in [-0.3, -0.25) is 9.69 Å². The maximum atomic E-state index is 13.2. The van der Waals surface area contributed by atoms with Gasteiger partial charge in [-0.1, -0.05) is 36.4 Å². The largest absolute Gasteiger partial charge is 0.325 e. The summed E-state index contributed by atoms with van der Waals surface area (Å²) in [5.41, 5.74) is 1.74. The minimum absolute atomic E-state index is 0.111. The molecule has 1 aromatic heterocycles. The van der Waals surface area contributed by atoms with Gasteiger partial charge in [-0.25, -0.2) is 8.42 Å². The van der Waals surface area contributed by atoms with E-state index in [4.69, 9.17) is 0 Å². The van der Waals surface area contributed by atoms with Crippen molar-refractivity contribution in [1.29, 1.82) is 0 Å². The second-order valence-corrected chi connectivity index (χ2v) is 10.5. The molecule has 33 heavy (non-hydrogen) atoms. The Morgan fingerprint density at radius 3 is 2.52 bits per heavy atom. The first-order chi connectivity index (χ1) is 15.9. The number of hydrogen-bond acceptors (Lipinski definition) is 7. The third-order valence-corrected chi connectivity index (χ3v) is 8.56. The highest BCUT2D eigenvalue weighted by molar-refractivity contribution is 7.89. The van der Waals surface area contributed by atoms with Gasteiger partial charge in [0.05, 0.1) is 17.8 Å². The molecular weight excluding hydrogens is 458 g/mol. The van der Waals surface area contributed by atoms with Gasteiger partial charge in [0.1, 0.15) is 15.9 Å². The number of piperazine rings is 1. The van der Waals surface area contributed by atoms with Crippen molar-refractivity contribution in [2.24, 2.45) is 0 Å². The van der Waals surface area contributed by atoms with E-state index < -0.39 is 10.0 Å². The van der Waals surface area contributed by atoms with Crippen molar-refractivity contribution >= 4 is 55.2 Å². The molecule has 10 heteroatoms. The summed E-state index contributed by atoms with van der Waals surface area (Å²) in [6.45, 7) is 3.41. The molecule has 3 aromatic carbocycles. The monoisotopic (exact) mass is 481 g/mol. The molecule has 5 rings (SSSR count). The number of anilines is 1. The molecule has 1 amide bonds. The minimum atomic E-state index is -3.69. The number of hydrogen-bond donors (Lipinski definition) is 1. The zero-order valence-corrected chi connectivity index (χ0v) is 19.6. The lowest BCUT2D eigenvalue weighted by molar-refractivity contribution is -0.121. The van der Waals surface area contributed by atoms with E-state index in [0.29, 0.717) is 37.2 Å². The minimum Gasteiger partial charge on any atom is -0.325 e. The van der Waals surface area contributed by atoms with Crippen LogP contribution in [0.5, 0.6) is 0 Å². The Morgan fingerprint density at radius 2 is 1.73 bits per heavy atom. The maximum absolute atomic E-state index is 13.2. The third kappa shape index (κ3) is 4.22. The first kappa shape index (κ1) is 21.9. The molecule has 2 heterocycles. The molecule has 1 aliphatic heterocycles. The van der Waals surface area contributed by atoms with Gasteiger partial charge in [0, 0.05) is 31.9 Å². The third-order valence-electron chi connectivity index (χ3n) is 6.08. The van der Waals surface area contributed by atoms with Crippen molar-refractivity contribution in [3.05, 3.63) is 60.7 Å². The fourth-order valence-electron chi connectivity index (χ4n) is 4.14. The number of rotatable bonds is 5. The van der Waals surface area contributed by atoms with E-state index in [0.717, 1.165) is 28.2 Å². The number of nitrogens with zero attached hydrogens (tertiary/aromatic N) is 4. The molecule has 0 aliphatic carbocycles. The highest BCUT2D eigenvalue weighted by Crippen LogP contribution is 2.26. The Balaban J connectivity index is 1.24. The van der Waals surface area contributed by atoms with Gasteiger partial charge in [0.2, 0.25) is 15.9 Å². The Kier molecular flexibility index (Phi) is 5.83. The molecule has 8 nitrogen and oxygen atoms in total. The number of benzene rings is 3. The van der Waals surface area contributed by atoms with Crippen LogP contribution in [-0.2, 0) is 14.8 Å². The number of fused-ring (bicyclic) bond motifs is 2. The van der Waals surface area contributed by atoms with Crippen LogP contribution in [0.15, 0.2) is 65.6 Å². The van der Waals surface area contributed by atoms with Gasteiger partial charge < -0.3 is 5.32 Å². The van der Waals surface area contributed by atoms with Crippen molar-refractivity contribution in [2.45, 2.75) is 17.9 Å². The van der Waals surface area contributed by atoms with E-state index in [9.17, 15) is 13.2 Å². The molecule has 1 saturated heterocycles. The first-order valence-corrected chi connectivity index (χ1v) is 12.9. The number of carbonyl (C=O) groups is 1. The quantitative estimate of drug-likeness (QED) is 0.470. The topological polar surface area (TPSA) is 95.5 Å². The van der Waals surface area contributed by atoms with E-state index in [1.165, 1.54) is 4.31 Å². The number of aromatic nitrogens is 2. The molecule has 1 aliphatic rings. The highest BCUT2D eigenvalue weighted by atomic mass is 32.2. The Labute approximate surface area is 196 Å². The van der Waals surface area contributed by atoms with Gasteiger partial charge in [0.25, 0.3) is 0 Å². The molecule has 1 unspecified atom stereocenters. The molecule has 4 aromatic rings. The van der Waals surface area contributed by atoms with Crippen LogP contribution in [-0.4, -0.2) is 64.5 Å². The first-order valence-electron chi connectivity index (χ1n) is 10.7. The second kappa shape index (κ2) is 8.79. The van der Waals surface area contributed by atoms with Crippen molar-refractivity contribution < 1.29 is 13.2 Å². The lowest BCUT2D eigenvalue weighted by Gasteiger charge is -2.36. The summed E-state index contributed by atoms with van der Waals surface area (Å²) >= 11 is 1.00. The van der Waals surface area contributed by atoms with Crippen LogP contribution in [0.1, 0.15) is 6.92 Å². The van der Waals surface area contributed by atoms with Crippen LogP contribution >= 0.6 is 11.7 Å². The predicted molar refractivity (Wildman–Crippen MR) is 130 cm³/mol. The molecule has 0 bridgehead atoms. The van der Waals surface area contributed by atoms with Gasteiger partial charge in [-0.15, -0.1) is 0 Å². The standard InChI is InChI=1S/C23H23N5O3S2/c1-16(23(29)24-19-10-9-17-5-2-3-6-18(17)15-19)27-11-13-28(14-12-27)33(30,31)21-8-4-7-20-22(21)26-32-25-20/h2-10,15-16H,11-14H2,1H3,(H,24,29). The fourth-order valence-corrected chi connectivity index (χ4v) is 6.31. The van der Waals surface area contributed by atoms with Crippen molar-refractivity contribution in [2.75, 3.05) is 31.5 Å². The molecule has 1 atom stereocenters. The fraction of sp³-hybridized carbons (Fsp3) is 0.261. The van der Waals surface area contributed by atoms with Crippen molar-refractivity contribution in [3.8, 4) is 0 Å². The van der Waals surface area contributed by atoms with Crippen molar-refractivity contribution in [3.63, 3.8) is 0 Å². The highest BCUT2D eigenvalue weighted by Gasteiger charge is 2.33. The summed E-state index contributed by atoms with van der Waals surface area (Å²) in [4.78, 5) is 15.1. The van der Waals surface area contributed by atoms with Gasteiger partial charge >= 0.3 is 0 Å². The lowest BCUT2D eigenvalue weighted by atomic mass is 10.1. The second-order valence-electron chi connectivity index (χ2n) is 8.06. The van der Waals surface area contributed by atoms with E-state index >= 15 is 0 Å². The van der Waals surface area contributed by atoms with E-state index in [1.807, 2.05) is 54.3 Å². The number of carbonyl (C=O) groups excluding carboxylic acids is 1. The van der Waals surface area contributed by atoms with Crippen LogP contribution < -0.4 is 5.32 Å². The zero-order chi connectivity index (χ0) is 23.0. The summed E-state index contributed by atoms with van der Waals surface area (Å²) in [7, 11) is -3.69. The van der Waals surface area contributed by atoms with Crippen molar-refractivity contribution in [1.82, 2.24) is 18.0 Å². The van der Waals surface area contributed by atoms with Crippen LogP contribution in [0.4, 0.5) is 5.69 Å². The molecule has 0 spiro atoms. The summed E-state index contributed by atoms with van der Waals surface area (Å²) in [6.07, 6.45) is 0. The Morgan fingerprint density at radius 1 is 0.970 bits per heavy atom. The van der Waals surface area contributed by atoms with Crippen LogP contribution in [0, 0.1) is 0 Å². The average Bonchev–Trinajstić information content (AvgIpc) is 3.32. The van der Waals surface area contributed by atoms with E-state index in [-0.39, 0.29) is 16.8 Å². The van der Waals surface area contributed by atoms with Crippen LogP contribution in [0.3, 0.4) is 0 Å². The van der Waals surface area contributed by atoms with Gasteiger partial charge in [0.15, 0.2) is 0 Å². The lowest BCUT2D eigenvalue weighted by Crippen LogP contribution is -2.53. The summed E-state index contributed by atoms with van der Waals surface area (Å²) < 4.78 is 36.2. The molecule has 1 fully saturated rings. The summed E-state index contributed by atoms with van der Waals surface area (Å²) in [5.74, 6) is -0.111. The molecule has 0 saturated carbocycles. The van der Waals surface area contributed by atoms with Crippen LogP contribution in [0.25, 0.3) is 21.8 Å². The van der Waals surface area contributed by atoms with Gasteiger partial charge in [-0.2, -0.15) is 13.1 Å². The molecule has 1 N–H and O–H groups in total. The average molecular weight is 482 g/mol. The summed E-state index contributed by atoms with van der Waals surface area (Å²) in [5, 5.41) is 5.17. The number of nitrogens with one attached hydrogen (secondary N) is 1. The van der Waals surface area contributed by atoms with E-state index in [1.54, 1.807) is 18.2 Å². The Hall–Kier alpha value is -2.92. The maximum Gasteiger partial charge on any atom is 0.245 e. The SMILES string of the molecule is CC(C(=O)Nc1ccc2ccccc2c1)N1CCN(S(=O)(=O)c2cccc3nsnc23)CC1. The smallest absolute Gasteiger partial charge is 0.245 e. The number of amides is 1. The molecule has 0 radical (unpaired) electrons. The van der Waals surface area contributed by atoms with Crippen LogP contribution in [0.2, 0.25) is 0 Å². The number of sulfonamides is 1. The Bertz CT molecular complexity index is 1430. The predicted octanol–water partition coefficient (Wildman–Crippen LogP) is 3.18. The van der Waals surface area contributed by atoms with Gasteiger partial charge in [-0.05, 0) is 42.0 Å². The van der Waals surface area contributed by atoms with E-state index in [2.05, 4.69) is 14.1 Å². The molecular formula is C23H23N5O3S2. The molecule has 170 valence electrons. The zero-order valence-electron chi connectivity index (χ0n) is 18.0.